The Kier molecular flexibility index (Phi) is 3.80. The first kappa shape index (κ1) is 12.1. The fourth-order valence-corrected chi connectivity index (χ4v) is 2.25. The van der Waals surface area contributed by atoms with E-state index in [1.54, 1.807) is 18.1 Å². The van der Waals surface area contributed by atoms with Gasteiger partial charge in [0.05, 0.1) is 12.9 Å². The molecule has 0 saturated heterocycles. The van der Waals surface area contributed by atoms with Crippen LogP contribution in [-0.4, -0.2) is 49.2 Å². The van der Waals surface area contributed by atoms with E-state index in [1.807, 2.05) is 13.2 Å². The summed E-state index contributed by atoms with van der Waals surface area (Å²) in [4.78, 5) is 15.3. The first-order valence-electron chi connectivity index (χ1n) is 5.30. The van der Waals surface area contributed by atoms with Crippen LogP contribution < -0.4 is 5.32 Å². The monoisotopic (exact) mass is 253 g/mol. The molecule has 0 aliphatic rings. The summed E-state index contributed by atoms with van der Waals surface area (Å²) < 4.78 is 0. The number of hydrogen-bond donors (Lipinski definition) is 3. The number of hydrogen-bond acceptors (Lipinski definition) is 6. The number of anilines is 1. The van der Waals surface area contributed by atoms with Crippen LogP contribution in [0.25, 0.3) is 11.2 Å². The topological polar surface area (TPSA) is 86.7 Å². The molecule has 0 aliphatic heterocycles. The van der Waals surface area contributed by atoms with Crippen molar-refractivity contribution in [3.8, 4) is 0 Å². The summed E-state index contributed by atoms with van der Waals surface area (Å²) in [5, 5.41) is 12.6. The Morgan fingerprint density at radius 2 is 2.29 bits per heavy atom. The zero-order valence-corrected chi connectivity index (χ0v) is 10.5. The van der Waals surface area contributed by atoms with Gasteiger partial charge in [-0.2, -0.15) is 11.8 Å². The van der Waals surface area contributed by atoms with Gasteiger partial charge in [-0.05, 0) is 13.2 Å². The molecule has 2 aromatic heterocycles. The molecule has 0 spiro atoms. The molecule has 3 N–H and O–H groups in total. The number of fused-ring (bicyclic) bond motifs is 1. The quantitative estimate of drug-likeness (QED) is 0.733. The van der Waals surface area contributed by atoms with E-state index >= 15 is 0 Å². The molecular weight excluding hydrogens is 238 g/mol. The van der Waals surface area contributed by atoms with Gasteiger partial charge in [-0.3, -0.25) is 0 Å². The number of nitrogens with zero attached hydrogens (tertiary/aromatic N) is 3. The summed E-state index contributed by atoms with van der Waals surface area (Å²) in [6, 6.07) is 0.108. The van der Waals surface area contributed by atoms with E-state index in [4.69, 9.17) is 0 Å². The van der Waals surface area contributed by atoms with Gasteiger partial charge >= 0.3 is 0 Å². The molecular formula is C10H15N5OS. The molecule has 2 atom stereocenters. The van der Waals surface area contributed by atoms with Gasteiger partial charge in [-0.1, -0.05) is 0 Å². The van der Waals surface area contributed by atoms with Crippen LogP contribution in [0.2, 0.25) is 0 Å². The van der Waals surface area contributed by atoms with Crippen molar-refractivity contribution in [2.75, 3.05) is 18.2 Å². The molecule has 92 valence electrons. The standard InChI is InChI=1S/C10H15N5OS/c1-6(7(3-16)17-2)15-10-8-9(12-4-11-8)13-5-14-10/h4-7,16H,3H2,1-2H3,(H2,11,12,13,14,15). The highest BCUT2D eigenvalue weighted by Gasteiger charge is 2.17. The molecule has 0 fully saturated rings. The molecule has 6 nitrogen and oxygen atoms in total. The minimum atomic E-state index is 0.108. The molecule has 2 aromatic rings. The van der Waals surface area contributed by atoms with Crippen molar-refractivity contribution in [2.24, 2.45) is 0 Å². The van der Waals surface area contributed by atoms with Crippen LogP contribution in [0.4, 0.5) is 5.82 Å². The van der Waals surface area contributed by atoms with Gasteiger partial charge in [0.2, 0.25) is 0 Å². The molecule has 2 rings (SSSR count). The fourth-order valence-electron chi connectivity index (χ4n) is 1.62. The minimum absolute atomic E-state index is 0.108. The Morgan fingerprint density at radius 1 is 1.47 bits per heavy atom. The number of imidazole rings is 1. The van der Waals surface area contributed by atoms with Gasteiger partial charge in [0.25, 0.3) is 0 Å². The van der Waals surface area contributed by atoms with Crippen LogP contribution in [0.1, 0.15) is 6.92 Å². The molecule has 0 bridgehead atoms. The summed E-state index contributed by atoms with van der Waals surface area (Å²) in [5.41, 5.74) is 1.43. The third-order valence-corrected chi connectivity index (χ3v) is 3.79. The van der Waals surface area contributed by atoms with Crippen molar-refractivity contribution in [3.05, 3.63) is 12.7 Å². The van der Waals surface area contributed by atoms with Crippen molar-refractivity contribution in [1.82, 2.24) is 19.9 Å². The third-order valence-electron chi connectivity index (χ3n) is 2.63. The highest BCUT2D eigenvalue weighted by molar-refractivity contribution is 7.99. The molecule has 0 saturated carbocycles. The zero-order chi connectivity index (χ0) is 12.3. The number of nitrogens with one attached hydrogen (secondary N) is 2. The van der Waals surface area contributed by atoms with E-state index in [0.29, 0.717) is 11.5 Å². The smallest absolute Gasteiger partial charge is 0.182 e. The second-order valence-corrected chi connectivity index (χ2v) is 4.79. The van der Waals surface area contributed by atoms with Crippen molar-refractivity contribution in [2.45, 2.75) is 18.2 Å². The number of aliphatic hydroxyl groups excluding tert-OH is 1. The van der Waals surface area contributed by atoms with E-state index in [2.05, 4.69) is 25.3 Å². The van der Waals surface area contributed by atoms with E-state index < -0.39 is 0 Å². The number of rotatable bonds is 5. The van der Waals surface area contributed by atoms with Gasteiger partial charge in [0.15, 0.2) is 11.5 Å². The SMILES string of the molecule is CSC(CO)C(C)Nc1ncnc2nc[nH]c12. The fraction of sp³-hybridized carbons (Fsp3) is 0.500. The molecule has 0 radical (unpaired) electrons. The maximum absolute atomic E-state index is 9.23. The number of thioether (sulfide) groups is 1. The summed E-state index contributed by atoms with van der Waals surface area (Å²) in [6.07, 6.45) is 5.05. The zero-order valence-electron chi connectivity index (χ0n) is 9.71. The predicted octanol–water partition coefficient (Wildman–Crippen LogP) is 0.877. The second kappa shape index (κ2) is 5.33. The molecule has 2 heterocycles. The Morgan fingerprint density at radius 3 is 3.00 bits per heavy atom. The largest absolute Gasteiger partial charge is 0.395 e. The Bertz CT molecular complexity index is 484. The number of aromatic nitrogens is 4. The lowest BCUT2D eigenvalue weighted by molar-refractivity contribution is 0.288. The highest BCUT2D eigenvalue weighted by atomic mass is 32.2. The Hall–Kier alpha value is -1.34. The van der Waals surface area contributed by atoms with Crippen LogP contribution in [0, 0.1) is 0 Å². The minimum Gasteiger partial charge on any atom is -0.395 e. The first-order valence-corrected chi connectivity index (χ1v) is 6.59. The summed E-state index contributed by atoms with van der Waals surface area (Å²) in [7, 11) is 0. The predicted molar refractivity (Wildman–Crippen MR) is 69.2 cm³/mol. The normalized spacial score (nSPS) is 14.8. The molecule has 7 heteroatoms. The van der Waals surface area contributed by atoms with Crippen LogP contribution in [0.5, 0.6) is 0 Å². The van der Waals surface area contributed by atoms with Gasteiger partial charge in [0.1, 0.15) is 11.8 Å². The maximum Gasteiger partial charge on any atom is 0.182 e. The lowest BCUT2D eigenvalue weighted by Crippen LogP contribution is -2.31. The second-order valence-electron chi connectivity index (χ2n) is 3.71. The summed E-state index contributed by atoms with van der Waals surface area (Å²) in [6.45, 7) is 2.15. The highest BCUT2D eigenvalue weighted by Crippen LogP contribution is 2.19. The summed E-state index contributed by atoms with van der Waals surface area (Å²) in [5.74, 6) is 0.715. The average molecular weight is 253 g/mol. The maximum atomic E-state index is 9.23. The Balaban J connectivity index is 2.20. The van der Waals surface area contributed by atoms with Crippen molar-refractivity contribution in [1.29, 1.82) is 0 Å². The van der Waals surface area contributed by atoms with Crippen molar-refractivity contribution >= 4 is 28.7 Å². The third kappa shape index (κ3) is 2.50. The summed E-state index contributed by atoms with van der Waals surface area (Å²) >= 11 is 1.62. The number of aromatic amines is 1. The number of aliphatic hydroxyl groups is 1. The van der Waals surface area contributed by atoms with Crippen LogP contribution in [0.15, 0.2) is 12.7 Å². The van der Waals surface area contributed by atoms with Gasteiger partial charge in [0, 0.05) is 11.3 Å². The van der Waals surface area contributed by atoms with Crippen LogP contribution >= 0.6 is 11.8 Å². The van der Waals surface area contributed by atoms with Crippen LogP contribution in [0.3, 0.4) is 0 Å². The van der Waals surface area contributed by atoms with E-state index in [1.165, 1.54) is 6.33 Å². The molecule has 0 amide bonds. The van der Waals surface area contributed by atoms with Crippen molar-refractivity contribution in [3.63, 3.8) is 0 Å². The van der Waals surface area contributed by atoms with E-state index in [0.717, 1.165) is 5.52 Å². The molecule has 2 unspecified atom stereocenters. The van der Waals surface area contributed by atoms with Crippen molar-refractivity contribution < 1.29 is 5.11 Å². The lowest BCUT2D eigenvalue weighted by Gasteiger charge is -2.21. The van der Waals surface area contributed by atoms with Gasteiger partial charge < -0.3 is 15.4 Å². The lowest BCUT2D eigenvalue weighted by atomic mass is 10.2. The van der Waals surface area contributed by atoms with E-state index in [9.17, 15) is 5.11 Å². The van der Waals surface area contributed by atoms with Crippen LogP contribution in [-0.2, 0) is 0 Å². The first-order chi connectivity index (χ1) is 8.26. The van der Waals surface area contributed by atoms with E-state index in [-0.39, 0.29) is 17.9 Å². The van der Waals surface area contributed by atoms with Gasteiger partial charge in [-0.15, -0.1) is 0 Å². The molecule has 0 aliphatic carbocycles. The number of H-pyrrole nitrogens is 1. The van der Waals surface area contributed by atoms with Gasteiger partial charge in [-0.25, -0.2) is 15.0 Å². The Labute approximate surface area is 103 Å². The average Bonchev–Trinajstić information content (AvgIpc) is 2.80. The molecule has 0 aromatic carbocycles. The molecule has 17 heavy (non-hydrogen) atoms.